The van der Waals surface area contributed by atoms with Gasteiger partial charge in [0.05, 0.1) is 5.92 Å². The Hall–Kier alpha value is -2.82. The van der Waals surface area contributed by atoms with E-state index in [-0.39, 0.29) is 24.2 Å². The Morgan fingerprint density at radius 2 is 1.62 bits per heavy atom. The van der Waals surface area contributed by atoms with Gasteiger partial charge in [0.25, 0.3) is 0 Å². The highest BCUT2D eigenvalue weighted by Gasteiger charge is 2.36. The fourth-order valence-corrected chi connectivity index (χ4v) is 4.48. The first kappa shape index (κ1) is 19.5. The molecular weight excluding hydrogens is 362 g/mol. The molecule has 2 aromatic carbocycles. The van der Waals surface area contributed by atoms with Gasteiger partial charge >= 0.3 is 0 Å². The zero-order valence-corrected chi connectivity index (χ0v) is 17.3. The molecule has 5 nitrogen and oxygen atoms in total. The van der Waals surface area contributed by atoms with Crippen LogP contribution in [-0.4, -0.2) is 31.4 Å². The minimum atomic E-state index is -0.330. The molecule has 152 valence electrons. The molecule has 1 N–H and O–H groups in total. The highest BCUT2D eigenvalue weighted by Crippen LogP contribution is 2.31. The number of piperidine rings is 1. The average molecular weight is 392 g/mol. The van der Waals surface area contributed by atoms with Gasteiger partial charge in [0.15, 0.2) is 0 Å². The molecule has 2 fully saturated rings. The van der Waals surface area contributed by atoms with E-state index < -0.39 is 0 Å². The van der Waals surface area contributed by atoms with Crippen molar-refractivity contribution in [3.05, 3.63) is 53.6 Å². The van der Waals surface area contributed by atoms with Gasteiger partial charge in [0, 0.05) is 43.1 Å². The number of amides is 2. The van der Waals surface area contributed by atoms with E-state index in [1.807, 2.05) is 44.2 Å². The SMILES string of the molecule is Cc1cccc(C)c1N1CC(C(=O)Nc2ccc(N3CCCCC3)cc2)CC1=O. The Morgan fingerprint density at radius 1 is 0.966 bits per heavy atom. The van der Waals surface area contributed by atoms with E-state index in [1.54, 1.807) is 4.90 Å². The molecule has 0 bridgehead atoms. The first-order valence-electron chi connectivity index (χ1n) is 10.6. The molecule has 0 aliphatic carbocycles. The van der Waals surface area contributed by atoms with Crippen LogP contribution in [0, 0.1) is 19.8 Å². The maximum absolute atomic E-state index is 12.8. The summed E-state index contributed by atoms with van der Waals surface area (Å²) >= 11 is 0. The van der Waals surface area contributed by atoms with Gasteiger partial charge < -0.3 is 15.1 Å². The van der Waals surface area contributed by atoms with E-state index in [0.717, 1.165) is 35.6 Å². The van der Waals surface area contributed by atoms with E-state index in [9.17, 15) is 9.59 Å². The molecule has 2 amide bonds. The molecule has 2 saturated heterocycles. The summed E-state index contributed by atoms with van der Waals surface area (Å²) in [7, 11) is 0. The zero-order valence-electron chi connectivity index (χ0n) is 17.3. The van der Waals surface area contributed by atoms with Crippen molar-refractivity contribution in [2.45, 2.75) is 39.5 Å². The predicted molar refractivity (Wildman–Crippen MR) is 118 cm³/mol. The van der Waals surface area contributed by atoms with Crippen LogP contribution >= 0.6 is 0 Å². The molecule has 0 saturated carbocycles. The van der Waals surface area contributed by atoms with Crippen molar-refractivity contribution in [1.29, 1.82) is 0 Å². The van der Waals surface area contributed by atoms with Crippen molar-refractivity contribution in [2.75, 3.05) is 34.8 Å². The monoisotopic (exact) mass is 391 g/mol. The Labute approximate surface area is 172 Å². The van der Waals surface area contributed by atoms with Gasteiger partial charge in [-0.25, -0.2) is 0 Å². The third-order valence-electron chi connectivity index (χ3n) is 6.06. The van der Waals surface area contributed by atoms with Crippen molar-refractivity contribution in [2.24, 2.45) is 5.92 Å². The van der Waals surface area contributed by atoms with Gasteiger partial charge in [-0.15, -0.1) is 0 Å². The molecule has 0 spiro atoms. The van der Waals surface area contributed by atoms with Gasteiger partial charge in [0.2, 0.25) is 11.8 Å². The fraction of sp³-hybridized carbons (Fsp3) is 0.417. The van der Waals surface area contributed by atoms with Crippen LogP contribution in [0.3, 0.4) is 0 Å². The van der Waals surface area contributed by atoms with Gasteiger partial charge in [0.1, 0.15) is 0 Å². The lowest BCUT2D eigenvalue weighted by Gasteiger charge is -2.28. The van der Waals surface area contributed by atoms with Crippen molar-refractivity contribution >= 4 is 28.9 Å². The number of hydrogen-bond donors (Lipinski definition) is 1. The summed E-state index contributed by atoms with van der Waals surface area (Å²) < 4.78 is 0. The predicted octanol–water partition coefficient (Wildman–Crippen LogP) is 4.29. The Kier molecular flexibility index (Phi) is 5.56. The van der Waals surface area contributed by atoms with E-state index in [1.165, 1.54) is 24.9 Å². The maximum Gasteiger partial charge on any atom is 0.229 e. The molecule has 5 heteroatoms. The maximum atomic E-state index is 12.8. The molecule has 0 aromatic heterocycles. The fourth-order valence-electron chi connectivity index (χ4n) is 4.48. The second-order valence-corrected chi connectivity index (χ2v) is 8.23. The van der Waals surface area contributed by atoms with Crippen molar-refractivity contribution in [1.82, 2.24) is 0 Å². The van der Waals surface area contributed by atoms with Gasteiger partial charge in [-0.3, -0.25) is 9.59 Å². The summed E-state index contributed by atoms with van der Waals surface area (Å²) in [4.78, 5) is 29.6. The number of para-hydroxylation sites is 1. The van der Waals surface area contributed by atoms with Crippen molar-refractivity contribution in [3.63, 3.8) is 0 Å². The largest absolute Gasteiger partial charge is 0.372 e. The van der Waals surface area contributed by atoms with Crippen LogP contribution in [0.5, 0.6) is 0 Å². The number of rotatable bonds is 4. The molecule has 1 atom stereocenters. The summed E-state index contributed by atoms with van der Waals surface area (Å²) in [5, 5.41) is 3.00. The van der Waals surface area contributed by atoms with Gasteiger partial charge in [-0.05, 0) is 68.5 Å². The first-order chi connectivity index (χ1) is 14.0. The van der Waals surface area contributed by atoms with E-state index in [0.29, 0.717) is 6.54 Å². The lowest BCUT2D eigenvalue weighted by molar-refractivity contribution is -0.122. The summed E-state index contributed by atoms with van der Waals surface area (Å²) in [6.07, 6.45) is 4.05. The zero-order chi connectivity index (χ0) is 20.4. The van der Waals surface area contributed by atoms with Crippen LogP contribution < -0.4 is 15.1 Å². The normalized spacial score (nSPS) is 19.5. The quantitative estimate of drug-likeness (QED) is 0.846. The third kappa shape index (κ3) is 4.14. The third-order valence-corrected chi connectivity index (χ3v) is 6.06. The number of nitrogens with zero attached hydrogens (tertiary/aromatic N) is 2. The van der Waals surface area contributed by atoms with Crippen LogP contribution in [0.1, 0.15) is 36.8 Å². The summed E-state index contributed by atoms with van der Waals surface area (Å²) in [6.45, 7) is 6.65. The second kappa shape index (κ2) is 8.27. The lowest BCUT2D eigenvalue weighted by Crippen LogP contribution is -2.29. The first-order valence-corrected chi connectivity index (χ1v) is 10.6. The standard InChI is InChI=1S/C24H29N3O2/c1-17-7-6-8-18(2)23(17)27-16-19(15-22(27)28)24(29)25-20-9-11-21(12-10-20)26-13-4-3-5-14-26/h6-12,19H,3-5,13-16H2,1-2H3,(H,25,29). The van der Waals surface area contributed by atoms with Crippen molar-refractivity contribution < 1.29 is 9.59 Å². The number of aryl methyl sites for hydroxylation is 2. The Bertz CT molecular complexity index is 881. The Morgan fingerprint density at radius 3 is 2.28 bits per heavy atom. The number of hydrogen-bond acceptors (Lipinski definition) is 3. The minimum absolute atomic E-state index is 0.0167. The number of carbonyl (C=O) groups is 2. The van der Waals surface area contributed by atoms with E-state index in [4.69, 9.17) is 0 Å². The smallest absolute Gasteiger partial charge is 0.229 e. The number of nitrogens with one attached hydrogen (secondary N) is 1. The molecule has 2 heterocycles. The molecule has 2 aromatic rings. The van der Waals surface area contributed by atoms with E-state index in [2.05, 4.69) is 22.3 Å². The van der Waals surface area contributed by atoms with Crippen LogP contribution in [0.2, 0.25) is 0 Å². The molecule has 1 unspecified atom stereocenters. The summed E-state index contributed by atoms with van der Waals surface area (Å²) in [5.74, 6) is -0.399. The average Bonchev–Trinajstić information content (AvgIpc) is 3.11. The number of carbonyl (C=O) groups excluding carboxylic acids is 2. The summed E-state index contributed by atoms with van der Waals surface area (Å²) in [6, 6.07) is 14.1. The second-order valence-electron chi connectivity index (χ2n) is 8.23. The molecule has 29 heavy (non-hydrogen) atoms. The van der Waals surface area contributed by atoms with Gasteiger partial charge in [-0.1, -0.05) is 18.2 Å². The minimum Gasteiger partial charge on any atom is -0.372 e. The molecule has 4 rings (SSSR count). The van der Waals surface area contributed by atoms with Gasteiger partial charge in [-0.2, -0.15) is 0 Å². The van der Waals surface area contributed by atoms with Crippen LogP contribution in [-0.2, 0) is 9.59 Å². The van der Waals surface area contributed by atoms with Crippen LogP contribution in [0.25, 0.3) is 0 Å². The van der Waals surface area contributed by atoms with Crippen LogP contribution in [0.15, 0.2) is 42.5 Å². The highest BCUT2D eigenvalue weighted by molar-refractivity contribution is 6.04. The molecule has 0 radical (unpaired) electrons. The summed E-state index contributed by atoms with van der Waals surface area (Å²) in [5.41, 5.74) is 5.06. The van der Waals surface area contributed by atoms with E-state index >= 15 is 0 Å². The molecule has 2 aliphatic heterocycles. The lowest BCUT2D eigenvalue weighted by atomic mass is 10.1. The number of benzene rings is 2. The molecular formula is C24H29N3O2. The Balaban J connectivity index is 1.41. The molecule has 2 aliphatic rings. The number of anilines is 3. The van der Waals surface area contributed by atoms with Crippen molar-refractivity contribution in [3.8, 4) is 0 Å². The highest BCUT2D eigenvalue weighted by atomic mass is 16.2. The van der Waals surface area contributed by atoms with Crippen LogP contribution in [0.4, 0.5) is 17.1 Å². The topological polar surface area (TPSA) is 52.7 Å².